The topological polar surface area (TPSA) is 101 Å². The van der Waals surface area contributed by atoms with Crippen LogP contribution in [0.2, 0.25) is 0 Å². The molecule has 0 fully saturated rings. The summed E-state index contributed by atoms with van der Waals surface area (Å²) in [6.07, 6.45) is 2.42. The van der Waals surface area contributed by atoms with E-state index in [2.05, 4.69) is 10.3 Å². The summed E-state index contributed by atoms with van der Waals surface area (Å²) in [4.78, 5) is 40.5. The fourth-order valence-electron chi connectivity index (χ4n) is 2.51. The van der Waals surface area contributed by atoms with Crippen molar-refractivity contribution < 1.29 is 14.7 Å². The van der Waals surface area contributed by atoms with Crippen molar-refractivity contribution in [2.45, 2.75) is 39.7 Å². The maximum Gasteiger partial charge on any atom is 0.311 e. The van der Waals surface area contributed by atoms with E-state index in [0.717, 1.165) is 0 Å². The number of carboxylic acid groups (broad SMARTS) is 1. The van der Waals surface area contributed by atoms with Gasteiger partial charge in [0, 0.05) is 19.5 Å². The van der Waals surface area contributed by atoms with Crippen molar-refractivity contribution in [2.24, 2.45) is 5.41 Å². The molecule has 0 aliphatic heterocycles. The molecule has 0 spiro atoms. The molecule has 0 saturated carbocycles. The second-order valence-electron chi connectivity index (χ2n) is 5.70. The van der Waals surface area contributed by atoms with E-state index in [4.69, 9.17) is 0 Å². The molecule has 130 valence electrons. The summed E-state index contributed by atoms with van der Waals surface area (Å²) < 4.78 is 1.40. The van der Waals surface area contributed by atoms with E-state index >= 15 is 0 Å². The number of aliphatic carboxylic acids is 1. The van der Waals surface area contributed by atoms with Gasteiger partial charge in [-0.05, 0) is 24.3 Å². The highest BCUT2D eigenvalue weighted by molar-refractivity contribution is 7.16. The average Bonchev–Trinajstić information content (AvgIpc) is 3.05. The van der Waals surface area contributed by atoms with Crippen molar-refractivity contribution in [2.75, 3.05) is 6.54 Å². The monoisotopic (exact) mass is 351 g/mol. The molecule has 2 N–H and O–H groups in total. The highest BCUT2D eigenvalue weighted by Crippen LogP contribution is 2.25. The van der Waals surface area contributed by atoms with Crippen LogP contribution in [0.1, 0.15) is 33.1 Å². The number of amides is 1. The van der Waals surface area contributed by atoms with Gasteiger partial charge in [0.15, 0.2) is 0 Å². The third-order valence-electron chi connectivity index (χ3n) is 4.46. The first kappa shape index (κ1) is 18.1. The van der Waals surface area contributed by atoms with E-state index in [1.54, 1.807) is 25.3 Å². The number of hydrogen-bond donors (Lipinski definition) is 2. The average molecular weight is 351 g/mol. The molecule has 2 aromatic rings. The number of nitrogens with zero attached hydrogens (tertiary/aromatic N) is 2. The number of carboxylic acids is 1. The normalized spacial score (nSPS) is 11.6. The Bertz CT molecular complexity index is 792. The van der Waals surface area contributed by atoms with E-state index in [1.165, 1.54) is 22.2 Å². The Morgan fingerprint density at radius 2 is 2.08 bits per heavy atom. The number of aryl methyl sites for hydroxylation is 1. The molecule has 2 heterocycles. The highest BCUT2D eigenvalue weighted by atomic mass is 32.1. The van der Waals surface area contributed by atoms with E-state index in [-0.39, 0.29) is 31.0 Å². The molecule has 2 aromatic heterocycles. The van der Waals surface area contributed by atoms with E-state index in [0.29, 0.717) is 23.1 Å². The van der Waals surface area contributed by atoms with Crippen molar-refractivity contribution in [3.05, 3.63) is 28.1 Å². The molecule has 0 atom stereocenters. The lowest BCUT2D eigenvalue weighted by atomic mass is 9.82. The molecular weight excluding hydrogens is 330 g/mol. The molecule has 0 bridgehead atoms. The van der Waals surface area contributed by atoms with Crippen molar-refractivity contribution in [3.63, 3.8) is 0 Å². The number of nitrogens with one attached hydrogen (secondary N) is 1. The molecule has 0 aliphatic rings. The van der Waals surface area contributed by atoms with Gasteiger partial charge in [-0.3, -0.25) is 19.0 Å². The van der Waals surface area contributed by atoms with Gasteiger partial charge in [0.25, 0.3) is 5.56 Å². The van der Waals surface area contributed by atoms with Gasteiger partial charge in [-0.1, -0.05) is 13.8 Å². The quantitative estimate of drug-likeness (QED) is 0.756. The fraction of sp³-hybridized carbons (Fsp3) is 0.500. The maximum absolute atomic E-state index is 12.2. The predicted molar refractivity (Wildman–Crippen MR) is 92.2 cm³/mol. The summed E-state index contributed by atoms with van der Waals surface area (Å²) in [6.45, 7) is 3.89. The lowest BCUT2D eigenvalue weighted by Crippen LogP contribution is -2.42. The Hall–Kier alpha value is -2.22. The number of rotatable bonds is 8. The Kier molecular flexibility index (Phi) is 5.71. The predicted octanol–water partition coefficient (Wildman–Crippen LogP) is 1.86. The first-order valence-electron chi connectivity index (χ1n) is 7.86. The minimum atomic E-state index is -0.941. The van der Waals surface area contributed by atoms with Crippen LogP contribution < -0.4 is 10.9 Å². The summed E-state index contributed by atoms with van der Waals surface area (Å²) >= 11 is 1.39. The van der Waals surface area contributed by atoms with Gasteiger partial charge in [0.1, 0.15) is 4.83 Å². The Morgan fingerprint density at radius 1 is 1.38 bits per heavy atom. The maximum atomic E-state index is 12.2. The fourth-order valence-corrected chi connectivity index (χ4v) is 3.23. The van der Waals surface area contributed by atoms with Gasteiger partial charge in [0.05, 0.1) is 17.1 Å². The highest BCUT2D eigenvalue weighted by Gasteiger charge is 2.35. The van der Waals surface area contributed by atoms with Gasteiger partial charge in [-0.25, -0.2) is 4.98 Å². The largest absolute Gasteiger partial charge is 0.481 e. The van der Waals surface area contributed by atoms with Crippen LogP contribution in [-0.2, 0) is 16.1 Å². The smallest absolute Gasteiger partial charge is 0.311 e. The lowest BCUT2D eigenvalue weighted by Gasteiger charge is -2.26. The first-order chi connectivity index (χ1) is 11.4. The van der Waals surface area contributed by atoms with Gasteiger partial charge in [0.2, 0.25) is 5.91 Å². The standard InChI is InChI=1S/C16H21N3O4S/c1-3-16(4-2,15(22)23)9-17-12(20)5-7-19-10-18-13-11(14(19)21)6-8-24-13/h6,8,10H,3-5,7,9H2,1-2H3,(H,17,20)(H,22,23). The molecular formula is C16H21N3O4S. The molecule has 0 radical (unpaired) electrons. The van der Waals surface area contributed by atoms with E-state index < -0.39 is 11.4 Å². The van der Waals surface area contributed by atoms with Gasteiger partial charge < -0.3 is 10.4 Å². The summed E-state index contributed by atoms with van der Waals surface area (Å²) in [6, 6.07) is 1.72. The lowest BCUT2D eigenvalue weighted by molar-refractivity contribution is -0.149. The molecule has 0 unspecified atom stereocenters. The number of fused-ring (bicyclic) bond motifs is 1. The van der Waals surface area contributed by atoms with Crippen LogP contribution in [0.3, 0.4) is 0 Å². The molecule has 7 nitrogen and oxygen atoms in total. The van der Waals surface area contributed by atoms with Crippen molar-refractivity contribution in [3.8, 4) is 0 Å². The van der Waals surface area contributed by atoms with Crippen molar-refractivity contribution in [1.29, 1.82) is 0 Å². The van der Waals surface area contributed by atoms with E-state index in [9.17, 15) is 19.5 Å². The number of carbonyl (C=O) groups excluding carboxylic acids is 1. The number of carbonyl (C=O) groups is 2. The molecule has 0 aliphatic carbocycles. The third kappa shape index (κ3) is 3.64. The SMILES string of the molecule is CCC(CC)(CNC(=O)CCn1cnc2sccc2c1=O)C(=O)O. The van der Waals surface area contributed by atoms with Crippen LogP contribution in [0.25, 0.3) is 10.2 Å². The molecule has 0 saturated heterocycles. The first-order valence-corrected chi connectivity index (χ1v) is 8.74. The van der Waals surface area contributed by atoms with Crippen LogP contribution in [0.15, 0.2) is 22.6 Å². The van der Waals surface area contributed by atoms with Gasteiger partial charge in [-0.15, -0.1) is 11.3 Å². The molecule has 1 amide bonds. The zero-order chi connectivity index (χ0) is 17.7. The molecule has 8 heteroatoms. The Balaban J connectivity index is 1.96. The van der Waals surface area contributed by atoms with Crippen molar-refractivity contribution >= 4 is 33.4 Å². The summed E-state index contributed by atoms with van der Waals surface area (Å²) in [5.41, 5.74) is -1.11. The minimum Gasteiger partial charge on any atom is -0.481 e. The van der Waals surface area contributed by atoms with Gasteiger partial charge in [-0.2, -0.15) is 0 Å². The Labute approximate surface area is 143 Å². The van der Waals surface area contributed by atoms with Crippen LogP contribution in [-0.4, -0.2) is 33.1 Å². The van der Waals surface area contributed by atoms with Gasteiger partial charge >= 0.3 is 5.97 Å². The van der Waals surface area contributed by atoms with Crippen LogP contribution in [0.5, 0.6) is 0 Å². The van der Waals surface area contributed by atoms with Crippen LogP contribution in [0, 0.1) is 5.41 Å². The number of hydrogen-bond acceptors (Lipinski definition) is 5. The molecule has 2 rings (SSSR count). The number of thiophene rings is 1. The molecule has 24 heavy (non-hydrogen) atoms. The summed E-state index contributed by atoms with van der Waals surface area (Å²) in [5.74, 6) is -1.18. The molecule has 0 aromatic carbocycles. The second-order valence-corrected chi connectivity index (χ2v) is 6.60. The third-order valence-corrected chi connectivity index (χ3v) is 5.28. The summed E-state index contributed by atoms with van der Waals surface area (Å²) in [7, 11) is 0. The second kappa shape index (κ2) is 7.57. The zero-order valence-electron chi connectivity index (χ0n) is 13.7. The van der Waals surface area contributed by atoms with Crippen LogP contribution in [0.4, 0.5) is 0 Å². The number of aromatic nitrogens is 2. The van der Waals surface area contributed by atoms with Crippen molar-refractivity contribution in [1.82, 2.24) is 14.9 Å². The summed E-state index contributed by atoms with van der Waals surface area (Å²) in [5, 5.41) is 14.4. The zero-order valence-corrected chi connectivity index (χ0v) is 14.6. The van der Waals surface area contributed by atoms with Crippen LogP contribution >= 0.6 is 11.3 Å². The minimum absolute atomic E-state index is 0.0882. The Morgan fingerprint density at radius 3 is 2.71 bits per heavy atom. The van der Waals surface area contributed by atoms with E-state index in [1.807, 2.05) is 0 Å².